The van der Waals surface area contributed by atoms with Gasteiger partial charge in [-0.25, -0.2) is 4.98 Å². The van der Waals surface area contributed by atoms with Gasteiger partial charge in [-0.1, -0.05) is 5.21 Å². The predicted molar refractivity (Wildman–Crippen MR) is 74.0 cm³/mol. The molecular formula is C12H15N7O2. The van der Waals surface area contributed by atoms with Crippen molar-refractivity contribution in [3.8, 4) is 0 Å². The topological polar surface area (TPSA) is 114 Å². The molecule has 9 heteroatoms. The molecule has 0 spiro atoms. The lowest BCUT2D eigenvalue weighted by Gasteiger charge is -2.32. The Morgan fingerprint density at radius 3 is 3.00 bits per heavy atom. The minimum atomic E-state index is -0.412. The molecule has 0 radical (unpaired) electrons. The van der Waals surface area contributed by atoms with Crippen LogP contribution in [0.25, 0.3) is 0 Å². The normalized spacial score (nSPS) is 18.7. The second-order valence-electron chi connectivity index (χ2n) is 5.09. The van der Waals surface area contributed by atoms with Crippen molar-refractivity contribution in [3.05, 3.63) is 33.8 Å². The monoisotopic (exact) mass is 289 g/mol. The number of H-pyrrole nitrogens is 1. The van der Waals surface area contributed by atoms with Gasteiger partial charge in [0, 0.05) is 25.1 Å². The molecule has 3 rings (SSSR count). The van der Waals surface area contributed by atoms with Crippen LogP contribution in [0.5, 0.6) is 0 Å². The van der Waals surface area contributed by atoms with E-state index in [1.54, 1.807) is 13.0 Å². The fourth-order valence-electron chi connectivity index (χ4n) is 2.65. The van der Waals surface area contributed by atoms with Crippen molar-refractivity contribution >= 4 is 11.5 Å². The summed E-state index contributed by atoms with van der Waals surface area (Å²) in [6.45, 7) is 3.27. The van der Waals surface area contributed by atoms with Crippen LogP contribution in [0, 0.1) is 17.0 Å². The summed E-state index contributed by atoms with van der Waals surface area (Å²) in [5, 5.41) is 25.0. The molecular weight excluding hydrogens is 274 g/mol. The van der Waals surface area contributed by atoms with E-state index in [4.69, 9.17) is 0 Å². The molecule has 9 nitrogen and oxygen atoms in total. The molecule has 1 aliphatic rings. The van der Waals surface area contributed by atoms with Crippen molar-refractivity contribution in [2.75, 3.05) is 18.0 Å². The van der Waals surface area contributed by atoms with E-state index in [0.29, 0.717) is 11.5 Å². The first-order valence-electron chi connectivity index (χ1n) is 6.75. The number of anilines is 1. The molecule has 110 valence electrons. The molecule has 21 heavy (non-hydrogen) atoms. The molecule has 0 amide bonds. The van der Waals surface area contributed by atoms with E-state index in [9.17, 15) is 10.1 Å². The van der Waals surface area contributed by atoms with Crippen molar-refractivity contribution in [2.45, 2.75) is 25.7 Å². The molecule has 0 saturated carbocycles. The second-order valence-corrected chi connectivity index (χ2v) is 5.09. The molecule has 1 saturated heterocycles. The number of aromatic amines is 1. The maximum Gasteiger partial charge on any atom is 0.290 e. The zero-order chi connectivity index (χ0) is 14.8. The van der Waals surface area contributed by atoms with Gasteiger partial charge >= 0.3 is 0 Å². The Morgan fingerprint density at radius 2 is 2.33 bits per heavy atom. The van der Waals surface area contributed by atoms with Crippen molar-refractivity contribution in [1.82, 2.24) is 25.6 Å². The fraction of sp³-hybridized carbons (Fsp3) is 0.500. The van der Waals surface area contributed by atoms with Crippen LogP contribution in [0.2, 0.25) is 0 Å². The Bertz CT molecular complexity index is 643. The van der Waals surface area contributed by atoms with Crippen molar-refractivity contribution in [3.63, 3.8) is 0 Å². The van der Waals surface area contributed by atoms with Crippen LogP contribution in [0.4, 0.5) is 11.5 Å². The first kappa shape index (κ1) is 13.4. The zero-order valence-corrected chi connectivity index (χ0v) is 11.6. The third-order valence-electron chi connectivity index (χ3n) is 3.71. The highest BCUT2D eigenvalue weighted by Crippen LogP contribution is 2.28. The molecule has 0 bridgehead atoms. The quantitative estimate of drug-likeness (QED) is 0.666. The molecule has 2 aromatic rings. The highest BCUT2D eigenvalue weighted by atomic mass is 16.6. The van der Waals surface area contributed by atoms with Crippen LogP contribution in [-0.2, 0) is 0 Å². The molecule has 1 aliphatic heterocycles. The van der Waals surface area contributed by atoms with Gasteiger partial charge in [-0.05, 0) is 25.8 Å². The van der Waals surface area contributed by atoms with Crippen LogP contribution in [-0.4, -0.2) is 43.6 Å². The van der Waals surface area contributed by atoms with Gasteiger partial charge in [-0.3, -0.25) is 10.1 Å². The van der Waals surface area contributed by atoms with E-state index in [1.807, 2.05) is 0 Å². The third kappa shape index (κ3) is 2.67. The molecule has 0 aromatic carbocycles. The Balaban J connectivity index is 1.80. The van der Waals surface area contributed by atoms with E-state index < -0.39 is 4.92 Å². The first-order valence-corrected chi connectivity index (χ1v) is 6.75. The number of hydrogen-bond acceptors (Lipinski definition) is 7. The fourth-order valence-corrected chi connectivity index (χ4v) is 2.65. The van der Waals surface area contributed by atoms with Crippen LogP contribution in [0.1, 0.15) is 30.3 Å². The van der Waals surface area contributed by atoms with Gasteiger partial charge in [-0.2, -0.15) is 5.21 Å². The Kier molecular flexibility index (Phi) is 3.46. The number of nitro groups is 1. The number of aromatic nitrogens is 5. The second kappa shape index (κ2) is 5.43. The standard InChI is InChI=1S/C12H15N7O2/c1-8-10(19(20)21)4-5-11(13-8)18-6-2-3-9(7-18)12-14-16-17-15-12/h4-5,9H,2-3,6-7H2,1H3,(H,14,15,16,17). The van der Waals surface area contributed by atoms with Gasteiger partial charge in [0.25, 0.3) is 5.69 Å². The number of rotatable bonds is 3. The first-order chi connectivity index (χ1) is 10.1. The van der Waals surface area contributed by atoms with E-state index in [2.05, 4.69) is 30.5 Å². The highest BCUT2D eigenvalue weighted by molar-refractivity contribution is 5.47. The maximum absolute atomic E-state index is 10.8. The summed E-state index contributed by atoms with van der Waals surface area (Å²) >= 11 is 0. The summed E-state index contributed by atoms with van der Waals surface area (Å²) in [4.78, 5) is 16.9. The van der Waals surface area contributed by atoms with E-state index >= 15 is 0 Å². The molecule has 1 fully saturated rings. The number of hydrogen-bond donors (Lipinski definition) is 1. The van der Waals surface area contributed by atoms with E-state index in [1.165, 1.54) is 6.07 Å². The molecule has 1 N–H and O–H groups in total. The molecule has 0 aliphatic carbocycles. The third-order valence-corrected chi connectivity index (χ3v) is 3.71. The summed E-state index contributed by atoms with van der Waals surface area (Å²) in [5.74, 6) is 1.67. The van der Waals surface area contributed by atoms with Crippen LogP contribution < -0.4 is 4.90 Å². The Labute approximate surface area is 120 Å². The summed E-state index contributed by atoms with van der Waals surface area (Å²) < 4.78 is 0. The lowest BCUT2D eigenvalue weighted by molar-refractivity contribution is -0.385. The molecule has 3 heterocycles. The predicted octanol–water partition coefficient (Wildman–Crippen LogP) is 1.20. The number of nitrogens with one attached hydrogen (secondary N) is 1. The summed E-state index contributed by atoms with van der Waals surface area (Å²) in [6.07, 6.45) is 2.00. The van der Waals surface area contributed by atoms with Gasteiger partial charge in [0.1, 0.15) is 11.5 Å². The highest BCUT2D eigenvalue weighted by Gasteiger charge is 2.26. The van der Waals surface area contributed by atoms with Crippen LogP contribution >= 0.6 is 0 Å². The van der Waals surface area contributed by atoms with Gasteiger partial charge in [0.2, 0.25) is 0 Å². The van der Waals surface area contributed by atoms with Crippen molar-refractivity contribution in [2.24, 2.45) is 0 Å². The molecule has 1 unspecified atom stereocenters. The molecule has 2 aromatic heterocycles. The average molecular weight is 289 g/mol. The lowest BCUT2D eigenvalue weighted by Crippen LogP contribution is -2.35. The largest absolute Gasteiger partial charge is 0.356 e. The number of pyridine rings is 1. The van der Waals surface area contributed by atoms with Gasteiger partial charge in [-0.15, -0.1) is 10.2 Å². The summed E-state index contributed by atoms with van der Waals surface area (Å²) in [7, 11) is 0. The molecule has 1 atom stereocenters. The van der Waals surface area contributed by atoms with Crippen LogP contribution in [0.15, 0.2) is 12.1 Å². The number of piperidine rings is 1. The zero-order valence-electron chi connectivity index (χ0n) is 11.6. The number of tetrazole rings is 1. The van der Waals surface area contributed by atoms with E-state index in [-0.39, 0.29) is 11.6 Å². The Hall–Kier alpha value is -2.58. The summed E-state index contributed by atoms with van der Waals surface area (Å²) in [5.41, 5.74) is 0.477. The number of aryl methyl sites for hydroxylation is 1. The Morgan fingerprint density at radius 1 is 1.48 bits per heavy atom. The van der Waals surface area contributed by atoms with Crippen molar-refractivity contribution in [1.29, 1.82) is 0 Å². The summed E-state index contributed by atoms with van der Waals surface area (Å²) in [6, 6.07) is 3.21. The minimum absolute atomic E-state index is 0.0467. The van der Waals surface area contributed by atoms with Gasteiger partial charge in [0.05, 0.1) is 4.92 Å². The number of nitrogens with zero attached hydrogens (tertiary/aromatic N) is 6. The van der Waals surface area contributed by atoms with Crippen LogP contribution in [0.3, 0.4) is 0 Å². The smallest absolute Gasteiger partial charge is 0.290 e. The van der Waals surface area contributed by atoms with E-state index in [0.717, 1.165) is 31.7 Å². The van der Waals surface area contributed by atoms with Gasteiger partial charge < -0.3 is 4.90 Å². The van der Waals surface area contributed by atoms with Gasteiger partial charge in [0.15, 0.2) is 5.82 Å². The maximum atomic E-state index is 10.8. The SMILES string of the molecule is Cc1nc(N2CCCC(c3nn[nH]n3)C2)ccc1[N+](=O)[O-]. The minimum Gasteiger partial charge on any atom is -0.356 e. The lowest BCUT2D eigenvalue weighted by atomic mass is 9.97. The van der Waals surface area contributed by atoms with Crippen molar-refractivity contribution < 1.29 is 4.92 Å². The average Bonchev–Trinajstić information content (AvgIpc) is 3.01.